The minimum absolute atomic E-state index is 0.176. The van der Waals surface area contributed by atoms with Crippen LogP contribution in [-0.2, 0) is 4.74 Å². The van der Waals surface area contributed by atoms with Crippen molar-refractivity contribution in [2.75, 3.05) is 70.3 Å². The lowest BCUT2D eigenvalue weighted by Gasteiger charge is -2.36. The lowest BCUT2D eigenvalue weighted by molar-refractivity contribution is -0.0384. The van der Waals surface area contributed by atoms with Crippen LogP contribution in [0.3, 0.4) is 0 Å². The second kappa shape index (κ2) is 15.3. The summed E-state index contributed by atoms with van der Waals surface area (Å²) in [5.41, 5.74) is 1.14. The van der Waals surface area contributed by atoms with E-state index in [-0.39, 0.29) is 94.4 Å². The van der Waals surface area contributed by atoms with E-state index in [0.717, 1.165) is 0 Å². The molecule has 2 aromatic rings. The Kier molecular flexibility index (Phi) is 11.0. The lowest BCUT2D eigenvalue weighted by atomic mass is 9.81. The van der Waals surface area contributed by atoms with E-state index in [1.807, 2.05) is 4.90 Å². The first-order valence-electron chi connectivity index (χ1n) is 18.3. The normalized spacial score (nSPS) is 21.1. The number of carbonyl (C=O) groups excluding carboxylic acids is 3. The fourth-order valence-corrected chi connectivity index (χ4v) is 7.47. The van der Waals surface area contributed by atoms with Crippen molar-refractivity contribution in [1.82, 2.24) is 19.6 Å². The Balaban J connectivity index is 1.11. The van der Waals surface area contributed by atoms with Crippen molar-refractivity contribution in [3.63, 3.8) is 0 Å². The average Bonchev–Trinajstić information content (AvgIpc) is 3.59. The number of alkyl halides is 2. The van der Waals surface area contributed by atoms with E-state index in [4.69, 9.17) is 9.47 Å². The first-order valence-corrected chi connectivity index (χ1v) is 18.3. The lowest BCUT2D eigenvalue weighted by Crippen LogP contribution is -2.50. The minimum Gasteiger partial charge on any atom is -0.488 e. The van der Waals surface area contributed by atoms with Crippen LogP contribution < -0.4 is 9.64 Å². The molecule has 4 amide bonds. The summed E-state index contributed by atoms with van der Waals surface area (Å²) in [5.74, 6) is -3.63. The van der Waals surface area contributed by atoms with Gasteiger partial charge in [0.25, 0.3) is 11.8 Å². The van der Waals surface area contributed by atoms with Crippen molar-refractivity contribution in [1.29, 1.82) is 0 Å². The van der Waals surface area contributed by atoms with Crippen LogP contribution in [0, 0.1) is 5.82 Å². The number of rotatable bonds is 6. The standard InChI is InChI=1S/C38H48F3N5O7/c1-37(2,3)53-36(51)46-11-8-30(24-46)52-32-5-4-26(22-31(32)25-6-9-38(40,41)10-7-25)33(47)43-14-16-44(17-15-43)34(48)27-20-28(39)23-29(21-27)42-12-18-45(19-13-42)35(49)50/h4-5,20-23,25,30H,6-19,24H2,1-3H3,(H,49,50). The van der Waals surface area contributed by atoms with Crippen molar-refractivity contribution in [2.24, 2.45) is 0 Å². The second-order valence-electron chi connectivity index (χ2n) is 15.4. The molecular formula is C38H48F3N5O7. The largest absolute Gasteiger partial charge is 0.488 e. The molecule has 0 spiro atoms. The molecule has 1 unspecified atom stereocenters. The predicted octanol–water partition coefficient (Wildman–Crippen LogP) is 5.91. The van der Waals surface area contributed by atoms with E-state index in [2.05, 4.69) is 0 Å². The van der Waals surface area contributed by atoms with Crippen LogP contribution in [-0.4, -0.2) is 132 Å². The van der Waals surface area contributed by atoms with Crippen molar-refractivity contribution < 1.29 is 46.9 Å². The van der Waals surface area contributed by atoms with E-state index in [1.165, 1.54) is 17.0 Å². The zero-order chi connectivity index (χ0) is 38.1. The zero-order valence-electron chi connectivity index (χ0n) is 30.5. The Bertz CT molecular complexity index is 1690. The van der Waals surface area contributed by atoms with Gasteiger partial charge in [-0.1, -0.05) is 0 Å². The summed E-state index contributed by atoms with van der Waals surface area (Å²) >= 11 is 0. The Morgan fingerprint density at radius 3 is 1.96 bits per heavy atom. The number of hydrogen-bond acceptors (Lipinski definition) is 7. The molecule has 288 valence electrons. The molecule has 3 aliphatic heterocycles. The SMILES string of the molecule is CC(C)(C)OC(=O)N1CCC(Oc2ccc(C(=O)N3CCN(C(=O)c4cc(F)cc(N5CCN(C(=O)O)CC5)c4)CC3)cc2C2CCC(F)(F)CC2)C1. The molecule has 12 nitrogen and oxygen atoms in total. The van der Waals surface area contributed by atoms with Crippen LogP contribution in [0.25, 0.3) is 0 Å². The number of piperazine rings is 2. The van der Waals surface area contributed by atoms with Crippen molar-refractivity contribution in [3.8, 4) is 5.75 Å². The first kappa shape index (κ1) is 38.0. The van der Waals surface area contributed by atoms with Crippen LogP contribution in [0.4, 0.5) is 28.4 Å². The summed E-state index contributed by atoms with van der Waals surface area (Å²) in [6, 6.07) is 9.26. The summed E-state index contributed by atoms with van der Waals surface area (Å²) in [7, 11) is 0. The molecule has 0 radical (unpaired) electrons. The topological polar surface area (TPSA) is 123 Å². The highest BCUT2D eigenvalue weighted by Gasteiger charge is 2.38. The van der Waals surface area contributed by atoms with Gasteiger partial charge in [-0.05, 0) is 81.5 Å². The number of likely N-dealkylation sites (tertiary alicyclic amines) is 1. The maximum absolute atomic E-state index is 14.7. The van der Waals surface area contributed by atoms with Gasteiger partial charge in [0, 0.05) is 95.0 Å². The monoisotopic (exact) mass is 743 g/mol. The molecule has 0 aromatic heterocycles. The number of carbonyl (C=O) groups is 4. The molecule has 15 heteroatoms. The van der Waals surface area contributed by atoms with Gasteiger partial charge in [0.1, 0.15) is 23.3 Å². The number of ether oxygens (including phenoxy) is 2. The van der Waals surface area contributed by atoms with Crippen LogP contribution in [0.2, 0.25) is 0 Å². The molecule has 1 N–H and O–H groups in total. The van der Waals surface area contributed by atoms with Gasteiger partial charge in [0.05, 0.1) is 6.54 Å². The zero-order valence-corrected chi connectivity index (χ0v) is 30.5. The van der Waals surface area contributed by atoms with Gasteiger partial charge in [0.2, 0.25) is 5.92 Å². The summed E-state index contributed by atoms with van der Waals surface area (Å²) in [6.07, 6.45) is -1.19. The molecule has 3 saturated heterocycles. The van der Waals surface area contributed by atoms with E-state index in [0.29, 0.717) is 55.2 Å². The maximum atomic E-state index is 14.7. The van der Waals surface area contributed by atoms with Crippen LogP contribution >= 0.6 is 0 Å². The van der Waals surface area contributed by atoms with Crippen molar-refractivity contribution in [2.45, 2.75) is 76.4 Å². The molecule has 2 aromatic carbocycles. The Hall–Kier alpha value is -4.69. The highest BCUT2D eigenvalue weighted by Crippen LogP contribution is 2.44. The van der Waals surface area contributed by atoms with Gasteiger partial charge < -0.3 is 39.1 Å². The van der Waals surface area contributed by atoms with Crippen molar-refractivity contribution >= 4 is 29.7 Å². The molecule has 4 aliphatic rings. The van der Waals surface area contributed by atoms with Crippen molar-refractivity contribution in [3.05, 3.63) is 58.9 Å². The molecular weight excluding hydrogens is 695 g/mol. The van der Waals surface area contributed by atoms with E-state index in [1.54, 1.807) is 59.7 Å². The molecule has 1 atom stereocenters. The Morgan fingerprint density at radius 1 is 0.755 bits per heavy atom. The maximum Gasteiger partial charge on any atom is 0.410 e. The van der Waals surface area contributed by atoms with Gasteiger partial charge in [0.15, 0.2) is 0 Å². The molecule has 3 heterocycles. The third-order valence-corrected chi connectivity index (χ3v) is 10.4. The summed E-state index contributed by atoms with van der Waals surface area (Å²) in [5, 5.41) is 9.24. The molecule has 1 saturated carbocycles. The fraction of sp³-hybridized carbons (Fsp3) is 0.579. The minimum atomic E-state index is -2.73. The average molecular weight is 744 g/mol. The second-order valence-corrected chi connectivity index (χ2v) is 15.4. The summed E-state index contributed by atoms with van der Waals surface area (Å²) in [6.45, 7) is 8.44. The Labute approximate surface area is 307 Å². The third kappa shape index (κ3) is 9.28. The molecule has 6 rings (SSSR count). The van der Waals surface area contributed by atoms with Crippen LogP contribution in [0.1, 0.15) is 85.1 Å². The number of halogens is 3. The molecule has 53 heavy (non-hydrogen) atoms. The van der Waals surface area contributed by atoms with Crippen LogP contribution in [0.15, 0.2) is 36.4 Å². The molecule has 4 fully saturated rings. The van der Waals surface area contributed by atoms with Gasteiger partial charge in [-0.3, -0.25) is 9.59 Å². The van der Waals surface area contributed by atoms with E-state index in [9.17, 15) is 37.5 Å². The predicted molar refractivity (Wildman–Crippen MR) is 189 cm³/mol. The smallest absolute Gasteiger partial charge is 0.410 e. The first-order chi connectivity index (χ1) is 25.0. The number of amides is 4. The molecule has 0 bridgehead atoms. The fourth-order valence-electron chi connectivity index (χ4n) is 7.47. The Morgan fingerprint density at radius 2 is 1.36 bits per heavy atom. The number of benzene rings is 2. The highest BCUT2D eigenvalue weighted by molar-refractivity contribution is 5.97. The van der Waals surface area contributed by atoms with Gasteiger partial charge in [-0.25, -0.2) is 22.8 Å². The number of hydrogen-bond donors (Lipinski definition) is 1. The third-order valence-electron chi connectivity index (χ3n) is 10.4. The highest BCUT2D eigenvalue weighted by atomic mass is 19.3. The number of anilines is 1. The van der Waals surface area contributed by atoms with E-state index < -0.39 is 29.5 Å². The van der Waals surface area contributed by atoms with Gasteiger partial charge >= 0.3 is 12.2 Å². The quantitative estimate of drug-likeness (QED) is 0.388. The summed E-state index contributed by atoms with van der Waals surface area (Å²) < 4.78 is 54.9. The number of nitrogens with zero attached hydrogens (tertiary/aromatic N) is 5. The van der Waals surface area contributed by atoms with Crippen LogP contribution in [0.5, 0.6) is 5.75 Å². The van der Waals surface area contributed by atoms with E-state index >= 15 is 0 Å². The van der Waals surface area contributed by atoms with Gasteiger partial charge in [-0.15, -0.1) is 0 Å². The number of carboxylic acid groups (broad SMARTS) is 1. The summed E-state index contributed by atoms with van der Waals surface area (Å²) in [4.78, 5) is 59.2. The van der Waals surface area contributed by atoms with Gasteiger partial charge in [-0.2, -0.15) is 0 Å². The molecule has 1 aliphatic carbocycles.